The van der Waals surface area contributed by atoms with E-state index >= 15 is 0 Å². The maximum atomic E-state index is 12.3. The molecule has 0 aliphatic heterocycles. The molecule has 2 aromatic carbocycles. The standard InChI is InChI=1S/C20H18Cl2N2O/c1-20(2,3)15-9-7-13(8-10-15)11-14(12-23)19(25)24-17-6-4-5-16(21)18(17)22/h4-11H,1-3H3,(H,24,25)/b14-11-. The fourth-order valence-electron chi connectivity index (χ4n) is 2.18. The lowest BCUT2D eigenvalue weighted by atomic mass is 9.86. The maximum Gasteiger partial charge on any atom is 0.266 e. The van der Waals surface area contributed by atoms with Gasteiger partial charge in [-0.05, 0) is 34.8 Å². The summed E-state index contributed by atoms with van der Waals surface area (Å²) in [5.74, 6) is -0.536. The molecule has 0 aromatic heterocycles. The summed E-state index contributed by atoms with van der Waals surface area (Å²) in [6.07, 6.45) is 1.54. The summed E-state index contributed by atoms with van der Waals surface area (Å²) >= 11 is 12.0. The highest BCUT2D eigenvalue weighted by Crippen LogP contribution is 2.30. The van der Waals surface area contributed by atoms with Gasteiger partial charge in [0.2, 0.25) is 0 Å². The number of nitriles is 1. The molecule has 2 aromatic rings. The average Bonchev–Trinajstić information content (AvgIpc) is 2.56. The molecule has 0 saturated heterocycles. The van der Waals surface area contributed by atoms with Gasteiger partial charge in [0.05, 0.1) is 15.7 Å². The van der Waals surface area contributed by atoms with E-state index in [0.717, 1.165) is 5.56 Å². The van der Waals surface area contributed by atoms with E-state index in [4.69, 9.17) is 23.2 Å². The molecule has 0 unspecified atom stereocenters. The minimum Gasteiger partial charge on any atom is -0.320 e. The van der Waals surface area contributed by atoms with Crippen molar-refractivity contribution in [1.82, 2.24) is 0 Å². The molecule has 128 valence electrons. The molecule has 25 heavy (non-hydrogen) atoms. The highest BCUT2D eigenvalue weighted by molar-refractivity contribution is 6.44. The van der Waals surface area contributed by atoms with E-state index in [9.17, 15) is 10.1 Å². The predicted octanol–water partition coefficient (Wildman–Crippen LogP) is 5.84. The van der Waals surface area contributed by atoms with Gasteiger partial charge >= 0.3 is 0 Å². The van der Waals surface area contributed by atoms with Crippen molar-refractivity contribution in [2.75, 3.05) is 5.32 Å². The Morgan fingerprint density at radius 1 is 1.12 bits per heavy atom. The molecule has 3 nitrogen and oxygen atoms in total. The van der Waals surface area contributed by atoms with E-state index in [-0.39, 0.29) is 16.0 Å². The van der Waals surface area contributed by atoms with Crippen LogP contribution in [0.15, 0.2) is 48.0 Å². The second-order valence-electron chi connectivity index (χ2n) is 6.60. The van der Waals surface area contributed by atoms with Crippen LogP contribution in [0, 0.1) is 11.3 Å². The Bertz CT molecular complexity index is 857. The molecular formula is C20H18Cl2N2O. The fourth-order valence-corrected chi connectivity index (χ4v) is 2.53. The number of halogens is 2. The van der Waals surface area contributed by atoms with Gasteiger partial charge in [0, 0.05) is 0 Å². The van der Waals surface area contributed by atoms with Crippen LogP contribution in [0.25, 0.3) is 6.08 Å². The van der Waals surface area contributed by atoms with Crippen molar-refractivity contribution in [1.29, 1.82) is 5.26 Å². The zero-order chi connectivity index (χ0) is 18.6. The van der Waals surface area contributed by atoms with Crippen LogP contribution >= 0.6 is 23.2 Å². The van der Waals surface area contributed by atoms with Crippen molar-refractivity contribution in [2.45, 2.75) is 26.2 Å². The van der Waals surface area contributed by atoms with Crippen LogP contribution in [-0.2, 0) is 10.2 Å². The van der Waals surface area contributed by atoms with E-state index in [1.165, 1.54) is 5.56 Å². The number of rotatable bonds is 3. The Morgan fingerprint density at radius 3 is 2.32 bits per heavy atom. The molecule has 0 radical (unpaired) electrons. The van der Waals surface area contributed by atoms with E-state index in [2.05, 4.69) is 26.1 Å². The summed E-state index contributed by atoms with van der Waals surface area (Å²) in [5, 5.41) is 12.5. The highest BCUT2D eigenvalue weighted by Gasteiger charge is 2.14. The summed E-state index contributed by atoms with van der Waals surface area (Å²) < 4.78 is 0. The first kappa shape index (κ1) is 19.1. The molecule has 0 atom stereocenters. The van der Waals surface area contributed by atoms with E-state index < -0.39 is 5.91 Å². The van der Waals surface area contributed by atoms with Crippen LogP contribution < -0.4 is 5.32 Å². The molecule has 5 heteroatoms. The van der Waals surface area contributed by atoms with Crippen molar-refractivity contribution < 1.29 is 4.79 Å². The zero-order valence-corrected chi connectivity index (χ0v) is 15.7. The largest absolute Gasteiger partial charge is 0.320 e. The normalized spacial score (nSPS) is 11.8. The number of amides is 1. The Hall–Kier alpha value is -2.28. The summed E-state index contributed by atoms with van der Waals surface area (Å²) in [7, 11) is 0. The van der Waals surface area contributed by atoms with E-state index in [1.807, 2.05) is 30.3 Å². The molecule has 0 aliphatic rings. The molecule has 0 heterocycles. The molecule has 0 aliphatic carbocycles. The smallest absolute Gasteiger partial charge is 0.266 e. The van der Waals surface area contributed by atoms with Gasteiger partial charge in [-0.1, -0.05) is 74.3 Å². The Balaban J connectivity index is 2.24. The number of benzene rings is 2. The quantitative estimate of drug-likeness (QED) is 0.543. The van der Waals surface area contributed by atoms with Gasteiger partial charge in [-0.2, -0.15) is 5.26 Å². The van der Waals surface area contributed by atoms with Crippen molar-refractivity contribution in [3.8, 4) is 6.07 Å². The van der Waals surface area contributed by atoms with Crippen molar-refractivity contribution >= 4 is 40.9 Å². The molecule has 1 N–H and O–H groups in total. The first-order chi connectivity index (χ1) is 11.7. The van der Waals surface area contributed by atoms with Crippen LogP contribution in [-0.4, -0.2) is 5.91 Å². The lowest BCUT2D eigenvalue weighted by molar-refractivity contribution is -0.112. The van der Waals surface area contributed by atoms with Crippen LogP contribution in [0.2, 0.25) is 10.0 Å². The number of nitrogens with one attached hydrogen (secondary N) is 1. The monoisotopic (exact) mass is 372 g/mol. The third-order valence-corrected chi connectivity index (χ3v) is 4.47. The van der Waals surface area contributed by atoms with Crippen LogP contribution in [0.3, 0.4) is 0 Å². The third-order valence-electron chi connectivity index (χ3n) is 3.65. The van der Waals surface area contributed by atoms with Gasteiger partial charge in [-0.15, -0.1) is 0 Å². The van der Waals surface area contributed by atoms with Gasteiger partial charge in [0.25, 0.3) is 5.91 Å². The average molecular weight is 373 g/mol. The Kier molecular flexibility index (Phi) is 5.89. The molecule has 0 spiro atoms. The van der Waals surface area contributed by atoms with Gasteiger partial charge in [-0.25, -0.2) is 0 Å². The van der Waals surface area contributed by atoms with Crippen LogP contribution in [0.5, 0.6) is 0 Å². The summed E-state index contributed by atoms with van der Waals surface area (Å²) in [6.45, 7) is 6.38. The van der Waals surface area contributed by atoms with E-state index in [1.54, 1.807) is 24.3 Å². The van der Waals surface area contributed by atoms with Gasteiger partial charge < -0.3 is 5.32 Å². The van der Waals surface area contributed by atoms with Crippen LogP contribution in [0.1, 0.15) is 31.9 Å². The number of hydrogen-bond donors (Lipinski definition) is 1. The highest BCUT2D eigenvalue weighted by atomic mass is 35.5. The molecule has 0 saturated carbocycles. The molecule has 0 bridgehead atoms. The summed E-state index contributed by atoms with van der Waals surface area (Å²) in [4.78, 5) is 12.3. The maximum absolute atomic E-state index is 12.3. The van der Waals surface area contributed by atoms with Crippen molar-refractivity contribution in [3.63, 3.8) is 0 Å². The number of carbonyl (C=O) groups excluding carboxylic acids is 1. The van der Waals surface area contributed by atoms with Gasteiger partial charge in [0.1, 0.15) is 11.6 Å². The molecule has 1 amide bonds. The minimum atomic E-state index is -0.536. The second-order valence-corrected chi connectivity index (χ2v) is 7.38. The summed E-state index contributed by atoms with van der Waals surface area (Å²) in [5.41, 5.74) is 2.35. The SMILES string of the molecule is CC(C)(C)c1ccc(/C=C(/C#N)C(=O)Nc2cccc(Cl)c2Cl)cc1. The van der Waals surface area contributed by atoms with Gasteiger partial charge in [-0.3, -0.25) is 4.79 Å². The first-order valence-corrected chi connectivity index (χ1v) is 8.45. The third kappa shape index (κ3) is 4.85. The fraction of sp³-hybridized carbons (Fsp3) is 0.200. The predicted molar refractivity (Wildman–Crippen MR) is 104 cm³/mol. The topological polar surface area (TPSA) is 52.9 Å². The summed E-state index contributed by atoms with van der Waals surface area (Å²) in [6, 6.07) is 14.6. The Morgan fingerprint density at radius 2 is 1.76 bits per heavy atom. The lowest BCUT2D eigenvalue weighted by Crippen LogP contribution is -2.14. The lowest BCUT2D eigenvalue weighted by Gasteiger charge is -2.18. The number of hydrogen-bond acceptors (Lipinski definition) is 2. The zero-order valence-electron chi connectivity index (χ0n) is 14.2. The van der Waals surface area contributed by atoms with Gasteiger partial charge in [0.15, 0.2) is 0 Å². The molecular weight excluding hydrogens is 355 g/mol. The number of nitrogens with zero attached hydrogens (tertiary/aromatic N) is 1. The van der Waals surface area contributed by atoms with E-state index in [0.29, 0.717) is 10.7 Å². The van der Waals surface area contributed by atoms with Crippen LogP contribution in [0.4, 0.5) is 5.69 Å². The number of carbonyl (C=O) groups is 1. The first-order valence-electron chi connectivity index (χ1n) is 7.70. The molecule has 0 fully saturated rings. The minimum absolute atomic E-state index is 0.0143. The van der Waals surface area contributed by atoms with Crippen molar-refractivity contribution in [3.05, 3.63) is 69.2 Å². The Labute approximate surface area is 157 Å². The molecule has 2 rings (SSSR count). The number of anilines is 1. The van der Waals surface area contributed by atoms with Crippen molar-refractivity contribution in [2.24, 2.45) is 0 Å². The second kappa shape index (κ2) is 7.74.